The summed E-state index contributed by atoms with van der Waals surface area (Å²) in [4.78, 5) is 9.87. The predicted molar refractivity (Wildman–Crippen MR) is 32.3 cm³/mol. The molecule has 0 aromatic carbocycles. The number of rotatable bonds is 2. The first kappa shape index (κ1) is 6.88. The fraction of sp³-hybridized carbons (Fsp3) is 0.333. The van der Waals surface area contributed by atoms with Crippen LogP contribution >= 0.6 is 0 Å². The summed E-state index contributed by atoms with van der Waals surface area (Å²) in [6.07, 6.45) is 5.15. The molecule has 1 aliphatic carbocycles. The maximum atomic E-state index is 9.87. The van der Waals surface area contributed by atoms with Gasteiger partial charge in [-0.1, -0.05) is 0 Å². The van der Waals surface area contributed by atoms with Gasteiger partial charge in [-0.15, -0.1) is 0 Å². The van der Waals surface area contributed by atoms with E-state index in [1.54, 1.807) is 0 Å². The van der Waals surface area contributed by atoms with E-state index in [2.05, 4.69) is 15.9 Å². The van der Waals surface area contributed by atoms with Crippen molar-refractivity contribution in [3.63, 3.8) is 0 Å². The molecule has 0 heterocycles. The van der Waals surface area contributed by atoms with Gasteiger partial charge in [0.2, 0.25) is 0 Å². The van der Waals surface area contributed by atoms with Crippen molar-refractivity contribution >= 4 is 0 Å². The molecule has 0 unspecified atom stereocenters. The summed E-state index contributed by atoms with van der Waals surface area (Å²) in [7, 11) is 0. The Labute approximate surface area is 62.8 Å². The normalized spacial score (nSPS) is 17.0. The second-order valence-corrected chi connectivity index (χ2v) is 4.84. The second kappa shape index (κ2) is 3.07. The minimum atomic E-state index is -0.987. The third-order valence-corrected chi connectivity index (χ3v) is 4.07. The number of nitrogens with zero attached hydrogens (tertiary/aromatic N) is 1. The predicted octanol–water partition coefficient (Wildman–Crippen LogP) is 1.98. The van der Waals surface area contributed by atoms with Gasteiger partial charge in [0.25, 0.3) is 0 Å². The molecule has 0 N–H and O–H groups in total. The average Bonchev–Trinajstić information content (AvgIpc) is 2.18. The molecule has 0 fully saturated rings. The summed E-state index contributed by atoms with van der Waals surface area (Å²) in [5.74, 6) is 0. The molecule has 0 atom stereocenters. The van der Waals surface area contributed by atoms with Crippen LogP contribution in [0.15, 0.2) is 25.4 Å². The SMILES string of the molecule is CC1=[C]([W][N]=O)CC=C1. The van der Waals surface area contributed by atoms with Crippen molar-refractivity contribution in [3.05, 3.63) is 26.6 Å². The minimum absolute atomic E-state index is 0.987. The first-order chi connectivity index (χ1) is 4.34. The van der Waals surface area contributed by atoms with Crippen LogP contribution < -0.4 is 0 Å². The molecular weight excluding hydrogens is 286 g/mol. The quantitative estimate of drug-likeness (QED) is 0.716. The van der Waals surface area contributed by atoms with E-state index >= 15 is 0 Å². The molecule has 1 rings (SSSR count). The monoisotopic (exact) mass is 293 g/mol. The van der Waals surface area contributed by atoms with E-state index in [-0.39, 0.29) is 0 Å². The maximum absolute atomic E-state index is 9.87. The Kier molecular flexibility index (Phi) is 2.35. The van der Waals surface area contributed by atoms with E-state index < -0.39 is 18.8 Å². The van der Waals surface area contributed by atoms with Crippen LogP contribution in [0.5, 0.6) is 0 Å². The molecule has 9 heavy (non-hydrogen) atoms. The van der Waals surface area contributed by atoms with E-state index in [9.17, 15) is 4.91 Å². The zero-order valence-corrected chi connectivity index (χ0v) is 8.06. The Morgan fingerprint density at radius 1 is 1.78 bits per heavy atom. The molecule has 0 saturated carbocycles. The van der Waals surface area contributed by atoms with Crippen LogP contribution in [0.3, 0.4) is 0 Å². The average molecular weight is 293 g/mol. The van der Waals surface area contributed by atoms with Gasteiger partial charge in [0.05, 0.1) is 0 Å². The molecule has 0 aromatic heterocycles. The Morgan fingerprint density at radius 2 is 2.56 bits per heavy atom. The molecule has 1 aliphatic rings. The fourth-order valence-corrected chi connectivity index (χ4v) is 2.45. The number of nitroso groups, excluding NO2 is 1. The van der Waals surface area contributed by atoms with Crippen LogP contribution in [0.25, 0.3) is 0 Å². The molecule has 48 valence electrons. The summed E-state index contributed by atoms with van der Waals surface area (Å²) in [6.45, 7) is 2.05. The van der Waals surface area contributed by atoms with E-state index in [1.807, 2.05) is 6.92 Å². The van der Waals surface area contributed by atoms with Gasteiger partial charge in [-0.2, -0.15) is 0 Å². The van der Waals surface area contributed by atoms with Crippen LogP contribution in [0.4, 0.5) is 0 Å². The summed E-state index contributed by atoms with van der Waals surface area (Å²) < 4.78 is 4.31. The van der Waals surface area contributed by atoms with Gasteiger partial charge in [-0.3, -0.25) is 0 Å². The van der Waals surface area contributed by atoms with Crippen LogP contribution in [0.2, 0.25) is 0 Å². The molecule has 2 nitrogen and oxygen atoms in total. The van der Waals surface area contributed by atoms with Crippen molar-refractivity contribution in [1.82, 2.24) is 0 Å². The summed E-state index contributed by atoms with van der Waals surface area (Å²) >= 11 is -0.987. The molecule has 0 aliphatic heterocycles. The fourth-order valence-electron chi connectivity index (χ4n) is 0.751. The number of hydrogen-bond acceptors (Lipinski definition) is 2. The van der Waals surface area contributed by atoms with Gasteiger partial charge in [0.15, 0.2) is 0 Å². The molecular formula is C6H7NOW. The first-order valence-corrected chi connectivity index (χ1v) is 5.48. The van der Waals surface area contributed by atoms with Crippen LogP contribution in [0.1, 0.15) is 13.3 Å². The molecule has 0 aromatic rings. The number of allylic oxidation sites excluding steroid dienone is 4. The van der Waals surface area contributed by atoms with Crippen molar-refractivity contribution in [1.29, 1.82) is 0 Å². The first-order valence-electron chi connectivity index (χ1n) is 2.70. The molecule has 0 amide bonds. The van der Waals surface area contributed by atoms with Gasteiger partial charge in [-0.05, 0) is 0 Å². The standard InChI is InChI=1S/C6H7.NO.W/c1-6-4-2-3-5-6;1-2;/h2,4H,3H2,1H3;;/q;-1;+1. The van der Waals surface area contributed by atoms with E-state index in [0.717, 1.165) is 6.42 Å². The van der Waals surface area contributed by atoms with Crippen LogP contribution in [-0.2, 0) is 18.8 Å². The van der Waals surface area contributed by atoms with Gasteiger partial charge in [-0.25, -0.2) is 0 Å². The topological polar surface area (TPSA) is 29.4 Å². The van der Waals surface area contributed by atoms with Gasteiger partial charge >= 0.3 is 62.5 Å². The van der Waals surface area contributed by atoms with Gasteiger partial charge < -0.3 is 0 Å². The summed E-state index contributed by atoms with van der Waals surface area (Å²) in [6, 6.07) is 0. The summed E-state index contributed by atoms with van der Waals surface area (Å²) in [5, 5.41) is 0. The summed E-state index contributed by atoms with van der Waals surface area (Å²) in [5.41, 5.74) is 1.28. The van der Waals surface area contributed by atoms with E-state index in [4.69, 9.17) is 0 Å². The third kappa shape index (κ3) is 1.59. The van der Waals surface area contributed by atoms with Crippen molar-refractivity contribution in [3.8, 4) is 0 Å². The van der Waals surface area contributed by atoms with Crippen molar-refractivity contribution in [2.75, 3.05) is 0 Å². The Bertz CT molecular complexity index is 183. The Balaban J connectivity index is 2.61. The zero-order valence-electron chi connectivity index (χ0n) is 5.13. The van der Waals surface area contributed by atoms with E-state index in [1.165, 1.54) is 9.54 Å². The molecule has 0 radical (unpaired) electrons. The number of hydrogen-bond donors (Lipinski definition) is 0. The molecule has 0 spiro atoms. The van der Waals surface area contributed by atoms with Crippen LogP contribution in [0, 0.1) is 4.91 Å². The molecule has 0 saturated heterocycles. The zero-order chi connectivity index (χ0) is 6.69. The second-order valence-electron chi connectivity index (χ2n) is 1.88. The Morgan fingerprint density at radius 3 is 3.00 bits per heavy atom. The van der Waals surface area contributed by atoms with Crippen molar-refractivity contribution < 1.29 is 18.8 Å². The third-order valence-electron chi connectivity index (χ3n) is 1.26. The van der Waals surface area contributed by atoms with Gasteiger partial charge in [0.1, 0.15) is 0 Å². The Hall–Kier alpha value is -0.232. The van der Waals surface area contributed by atoms with Gasteiger partial charge in [0, 0.05) is 0 Å². The molecule has 0 bridgehead atoms. The molecule has 3 heteroatoms. The van der Waals surface area contributed by atoms with Crippen molar-refractivity contribution in [2.24, 2.45) is 3.74 Å². The van der Waals surface area contributed by atoms with E-state index in [0.29, 0.717) is 0 Å². The van der Waals surface area contributed by atoms with Crippen LogP contribution in [-0.4, -0.2) is 0 Å². The van der Waals surface area contributed by atoms with Crippen molar-refractivity contribution in [2.45, 2.75) is 13.3 Å².